The summed E-state index contributed by atoms with van der Waals surface area (Å²) in [4.78, 5) is 0. The summed E-state index contributed by atoms with van der Waals surface area (Å²) in [6.45, 7) is 9.46. The van der Waals surface area contributed by atoms with Gasteiger partial charge in [0.1, 0.15) is 11.5 Å². The van der Waals surface area contributed by atoms with Crippen LogP contribution in [0.25, 0.3) is 0 Å². The molecule has 204 valence electrons. The number of alkyl halides is 3. The molecule has 38 heavy (non-hydrogen) atoms. The van der Waals surface area contributed by atoms with E-state index < -0.39 is 13.4 Å². The highest BCUT2D eigenvalue weighted by Crippen LogP contribution is 2.55. The van der Waals surface area contributed by atoms with Crippen LogP contribution in [0.1, 0.15) is 34.7 Å². The molecule has 0 fully saturated rings. The fourth-order valence-corrected chi connectivity index (χ4v) is 9.34. The number of rotatable bonds is 8. The maximum Gasteiger partial charge on any atom is 0.586 e. The first-order valence-electron chi connectivity index (χ1n) is 12.0. The van der Waals surface area contributed by atoms with Gasteiger partial charge in [-0.3, -0.25) is 0 Å². The second-order valence-electron chi connectivity index (χ2n) is 9.10. The van der Waals surface area contributed by atoms with Crippen molar-refractivity contribution in [3.63, 3.8) is 0 Å². The predicted molar refractivity (Wildman–Crippen MR) is 153 cm³/mol. The van der Waals surface area contributed by atoms with Crippen molar-refractivity contribution in [2.24, 2.45) is 0 Å². The highest BCUT2D eigenvalue weighted by Gasteiger charge is 2.48. The lowest BCUT2D eigenvalue weighted by Gasteiger charge is -2.26. The molecule has 0 unspecified atom stereocenters. The summed E-state index contributed by atoms with van der Waals surface area (Å²) >= 11 is 2.06. The van der Waals surface area contributed by atoms with Crippen molar-refractivity contribution in [2.75, 3.05) is 20.8 Å². The van der Waals surface area contributed by atoms with Gasteiger partial charge in [-0.05, 0) is 87.2 Å². The van der Waals surface area contributed by atoms with Crippen molar-refractivity contribution in [1.82, 2.24) is 0 Å². The van der Waals surface area contributed by atoms with E-state index in [9.17, 15) is 8.78 Å². The largest absolute Gasteiger partial charge is 0.586 e. The Kier molecular flexibility index (Phi) is 7.92. The first kappa shape index (κ1) is 28.5. The Morgan fingerprint density at radius 1 is 0.842 bits per heavy atom. The van der Waals surface area contributed by atoms with Gasteiger partial charge >= 0.3 is 6.29 Å². The molecule has 0 saturated heterocycles. The number of aryl methyl sites for hydroxylation is 4. The van der Waals surface area contributed by atoms with Crippen LogP contribution in [0.5, 0.6) is 28.7 Å². The van der Waals surface area contributed by atoms with Crippen LogP contribution in [-0.2, 0) is 8.99 Å². The molecule has 3 aromatic carbocycles. The molecular formula is C28H30F2IO6P. The molecule has 0 bridgehead atoms. The summed E-state index contributed by atoms with van der Waals surface area (Å²) in [6.07, 6.45) is -3.86. The molecule has 1 aliphatic heterocycles. The van der Waals surface area contributed by atoms with Crippen LogP contribution in [0.15, 0.2) is 30.3 Å². The van der Waals surface area contributed by atoms with Gasteiger partial charge in [0.05, 0.1) is 20.8 Å². The van der Waals surface area contributed by atoms with Gasteiger partial charge in [0, 0.05) is 25.9 Å². The number of hydrogen-bond donors (Lipinski definition) is 0. The van der Waals surface area contributed by atoms with E-state index in [4.69, 9.17) is 23.7 Å². The smallest absolute Gasteiger partial charge is 0.496 e. The number of benzene rings is 3. The molecule has 1 heterocycles. The van der Waals surface area contributed by atoms with Gasteiger partial charge in [-0.1, -0.05) is 22.6 Å². The van der Waals surface area contributed by atoms with Crippen LogP contribution < -0.4 is 39.6 Å². The lowest BCUT2D eigenvalue weighted by molar-refractivity contribution is -0.287. The van der Waals surface area contributed by atoms with Crippen LogP contribution in [-0.4, -0.2) is 27.1 Å². The molecule has 3 aromatic rings. The molecule has 0 radical (unpaired) electrons. The molecule has 0 aromatic heterocycles. The predicted octanol–water partition coefficient (Wildman–Crippen LogP) is 6.23. The van der Waals surface area contributed by atoms with Gasteiger partial charge in [-0.15, -0.1) is 8.78 Å². The zero-order chi connectivity index (χ0) is 28.0. The van der Waals surface area contributed by atoms with Gasteiger partial charge in [-0.25, -0.2) is 0 Å². The average molecular weight is 658 g/mol. The van der Waals surface area contributed by atoms with Crippen LogP contribution in [0.3, 0.4) is 0 Å². The minimum absolute atomic E-state index is 0.0485. The van der Waals surface area contributed by atoms with Gasteiger partial charge in [0.2, 0.25) is 5.75 Å². The third-order valence-electron chi connectivity index (χ3n) is 6.52. The minimum atomic E-state index is -3.86. The Labute approximate surface area is 235 Å². The summed E-state index contributed by atoms with van der Waals surface area (Å²) < 4.78 is 71.2. The van der Waals surface area contributed by atoms with Gasteiger partial charge in [-0.2, -0.15) is 0 Å². The van der Waals surface area contributed by atoms with Crippen LogP contribution >= 0.6 is 29.7 Å². The molecule has 4 rings (SSSR count). The van der Waals surface area contributed by atoms with Gasteiger partial charge < -0.3 is 28.2 Å². The molecule has 10 heteroatoms. The van der Waals surface area contributed by atoms with Crippen molar-refractivity contribution in [3.8, 4) is 28.7 Å². The van der Waals surface area contributed by atoms with Crippen LogP contribution in [0, 0.1) is 27.7 Å². The first-order chi connectivity index (χ1) is 17.9. The Bertz CT molecular complexity index is 1350. The van der Waals surface area contributed by atoms with Crippen molar-refractivity contribution in [1.29, 1.82) is 0 Å². The van der Waals surface area contributed by atoms with Crippen molar-refractivity contribution in [3.05, 3.63) is 58.1 Å². The third kappa shape index (κ3) is 4.72. The molecule has 0 aliphatic carbocycles. The molecule has 0 amide bonds. The summed E-state index contributed by atoms with van der Waals surface area (Å²) in [7, 11) is -0.523. The van der Waals surface area contributed by atoms with E-state index in [1.807, 2.05) is 52.0 Å². The zero-order valence-electron chi connectivity index (χ0n) is 22.3. The van der Waals surface area contributed by atoms with Crippen LogP contribution in [0.4, 0.5) is 8.78 Å². The number of methoxy groups -OCH3 is 2. The maximum absolute atomic E-state index is 15.7. The summed E-state index contributed by atoms with van der Waals surface area (Å²) in [5.74, 6) is 1.08. The molecule has 6 nitrogen and oxygen atoms in total. The standard InChI is InChI=1S/C28H30F2IO6P/c1-8-35-22-13-23(21(14-31)26-27(22)37-28(29,30)36-26)38(32,19-9-15(2)24(33-6)16(3)10-19)20-11-17(4)25(34-7)18(5)12-20/h9-13H,8,14H2,1-7H3. The third-order valence-corrected chi connectivity index (χ3v) is 10.3. The van der Waals surface area contributed by atoms with Crippen molar-refractivity contribution >= 4 is 45.6 Å². The Morgan fingerprint density at radius 3 is 1.68 bits per heavy atom. The minimum Gasteiger partial charge on any atom is -0.496 e. The molecular weight excluding hydrogens is 628 g/mol. The fraction of sp³-hybridized carbons (Fsp3) is 0.357. The van der Waals surface area contributed by atoms with E-state index in [-0.39, 0.29) is 28.3 Å². The zero-order valence-corrected chi connectivity index (χ0v) is 25.4. The Balaban J connectivity index is 2.15. The fourth-order valence-electron chi connectivity index (χ4n) is 5.07. The second kappa shape index (κ2) is 10.6. The Morgan fingerprint density at radius 2 is 1.29 bits per heavy atom. The average Bonchev–Trinajstić information content (AvgIpc) is 3.18. The summed E-state index contributed by atoms with van der Waals surface area (Å²) in [6, 6.07) is 8.89. The number of ether oxygens (including phenoxy) is 5. The quantitative estimate of drug-likeness (QED) is 0.163. The van der Waals surface area contributed by atoms with E-state index in [0.29, 0.717) is 33.0 Å². The van der Waals surface area contributed by atoms with E-state index in [1.54, 1.807) is 27.2 Å². The first-order valence-corrected chi connectivity index (χ1v) is 15.2. The van der Waals surface area contributed by atoms with Gasteiger partial charge in [0.25, 0.3) is 0 Å². The lowest BCUT2D eigenvalue weighted by atomic mass is 10.1. The molecule has 0 N–H and O–H groups in total. The number of halogens is 3. The molecule has 0 spiro atoms. The lowest BCUT2D eigenvalue weighted by Crippen LogP contribution is -2.29. The normalized spacial score (nSPS) is 13.9. The van der Waals surface area contributed by atoms with E-state index in [0.717, 1.165) is 22.3 Å². The highest BCUT2D eigenvalue weighted by atomic mass is 127. The number of hydrogen-bond acceptors (Lipinski definition) is 6. The topological polar surface area (TPSA) is 63.2 Å². The summed E-state index contributed by atoms with van der Waals surface area (Å²) in [5, 5.41) is 1.43. The maximum atomic E-state index is 15.7. The van der Waals surface area contributed by atoms with E-state index >= 15 is 4.57 Å². The second-order valence-corrected chi connectivity index (χ2v) is 12.6. The van der Waals surface area contributed by atoms with Crippen LogP contribution in [0.2, 0.25) is 0 Å². The highest BCUT2D eigenvalue weighted by molar-refractivity contribution is 14.1. The number of fused-ring (bicyclic) bond motifs is 1. The molecule has 1 aliphatic rings. The van der Waals surface area contributed by atoms with E-state index in [2.05, 4.69) is 22.6 Å². The van der Waals surface area contributed by atoms with Crippen molar-refractivity contribution < 1.29 is 37.0 Å². The van der Waals surface area contributed by atoms with E-state index in [1.165, 1.54) is 0 Å². The molecule has 0 atom stereocenters. The van der Waals surface area contributed by atoms with Crippen molar-refractivity contribution in [2.45, 2.75) is 45.3 Å². The molecule has 0 saturated carbocycles. The SMILES string of the molecule is CCOc1cc(P(=O)(c2cc(C)c(OC)c(C)c2)c2cc(C)c(OC)c(C)c2)c(CI)c2c1OC(F)(F)O2. The summed E-state index contributed by atoms with van der Waals surface area (Å²) in [5.41, 5.74) is 3.58. The Hall–Kier alpha value is -2.52. The monoisotopic (exact) mass is 658 g/mol. The van der Waals surface area contributed by atoms with Gasteiger partial charge in [0.15, 0.2) is 18.6 Å².